The molecule has 2 N–H and O–H groups in total. The van der Waals surface area contributed by atoms with E-state index in [1.165, 1.54) is 27.6 Å². The number of nitrogens with zero attached hydrogens (tertiary/aromatic N) is 1. The third-order valence-electron chi connectivity index (χ3n) is 5.23. The van der Waals surface area contributed by atoms with Crippen molar-refractivity contribution in [2.45, 2.75) is 12.3 Å². The molecule has 0 saturated carbocycles. The Morgan fingerprint density at radius 2 is 1.44 bits per heavy atom. The van der Waals surface area contributed by atoms with Gasteiger partial charge in [-0.1, -0.05) is 78.9 Å². The lowest BCUT2D eigenvalue weighted by molar-refractivity contribution is 0.795. The first-order chi connectivity index (χ1) is 12.3. The Kier molecular flexibility index (Phi) is 3.10. The van der Waals surface area contributed by atoms with Crippen LogP contribution in [-0.2, 0) is 6.42 Å². The van der Waals surface area contributed by atoms with Crippen molar-refractivity contribution in [3.8, 4) is 11.3 Å². The number of aromatic nitrogens is 1. The molecule has 1 unspecified atom stereocenters. The molecule has 0 amide bonds. The summed E-state index contributed by atoms with van der Waals surface area (Å²) in [6.07, 6.45) is 0.989. The molecule has 0 spiro atoms. The molecule has 4 aromatic rings. The van der Waals surface area contributed by atoms with Crippen molar-refractivity contribution < 1.29 is 0 Å². The van der Waals surface area contributed by atoms with Crippen LogP contribution in [0.3, 0.4) is 0 Å². The number of nitrogens with two attached hydrogens (primary N) is 1. The van der Waals surface area contributed by atoms with Crippen LogP contribution in [0.5, 0.6) is 0 Å². The van der Waals surface area contributed by atoms with Gasteiger partial charge in [0, 0.05) is 16.9 Å². The Balaban J connectivity index is 1.89. The van der Waals surface area contributed by atoms with Gasteiger partial charge in [-0.25, -0.2) is 4.98 Å². The standard InChI is InChI=1S/C23H18N2/c24-23-19-13-7-6-12-18(19)21-20(15-8-2-1-3-9-15)14-16-10-4-5-11-17(16)22(21)25-23/h1-13,20H,14H2,(H2,24,25). The third kappa shape index (κ3) is 2.14. The van der Waals surface area contributed by atoms with Crippen molar-refractivity contribution in [1.82, 2.24) is 4.98 Å². The summed E-state index contributed by atoms with van der Waals surface area (Å²) in [6, 6.07) is 27.7. The van der Waals surface area contributed by atoms with Crippen LogP contribution < -0.4 is 5.73 Å². The van der Waals surface area contributed by atoms with E-state index in [1.807, 2.05) is 6.07 Å². The van der Waals surface area contributed by atoms with Crippen LogP contribution in [-0.4, -0.2) is 4.98 Å². The first-order valence-electron chi connectivity index (χ1n) is 8.64. The van der Waals surface area contributed by atoms with Gasteiger partial charge in [0.25, 0.3) is 0 Å². The van der Waals surface area contributed by atoms with Crippen molar-refractivity contribution in [2.75, 3.05) is 5.73 Å². The number of hydrogen-bond donors (Lipinski definition) is 1. The Hall–Kier alpha value is -3.13. The molecule has 0 bridgehead atoms. The molecule has 0 aliphatic heterocycles. The van der Waals surface area contributed by atoms with Crippen LogP contribution in [0.4, 0.5) is 5.82 Å². The van der Waals surface area contributed by atoms with Crippen LogP contribution in [0, 0.1) is 0 Å². The summed E-state index contributed by atoms with van der Waals surface area (Å²) < 4.78 is 0. The van der Waals surface area contributed by atoms with Gasteiger partial charge in [0.2, 0.25) is 0 Å². The van der Waals surface area contributed by atoms with E-state index in [0.717, 1.165) is 17.5 Å². The molecule has 25 heavy (non-hydrogen) atoms. The number of benzene rings is 3. The molecule has 0 saturated heterocycles. The predicted octanol–water partition coefficient (Wildman–Crippen LogP) is 5.17. The average molecular weight is 322 g/mol. The molecular weight excluding hydrogens is 304 g/mol. The lowest BCUT2D eigenvalue weighted by Crippen LogP contribution is -2.15. The van der Waals surface area contributed by atoms with Gasteiger partial charge in [0.15, 0.2) is 0 Å². The number of rotatable bonds is 1. The minimum Gasteiger partial charge on any atom is -0.383 e. The highest BCUT2D eigenvalue weighted by Crippen LogP contribution is 2.45. The summed E-state index contributed by atoms with van der Waals surface area (Å²) in [4.78, 5) is 4.84. The van der Waals surface area contributed by atoms with Crippen molar-refractivity contribution >= 4 is 16.6 Å². The van der Waals surface area contributed by atoms with E-state index >= 15 is 0 Å². The monoisotopic (exact) mass is 322 g/mol. The zero-order valence-electron chi connectivity index (χ0n) is 13.8. The molecule has 1 atom stereocenters. The molecule has 1 heterocycles. The van der Waals surface area contributed by atoms with Gasteiger partial charge in [-0.15, -0.1) is 0 Å². The molecule has 120 valence electrons. The van der Waals surface area contributed by atoms with Crippen LogP contribution in [0.1, 0.15) is 22.6 Å². The molecule has 0 fully saturated rings. The zero-order valence-corrected chi connectivity index (χ0v) is 13.8. The van der Waals surface area contributed by atoms with E-state index in [4.69, 9.17) is 10.7 Å². The van der Waals surface area contributed by atoms with Gasteiger partial charge in [-0.2, -0.15) is 0 Å². The molecule has 1 aliphatic carbocycles. The van der Waals surface area contributed by atoms with Gasteiger partial charge in [-0.05, 0) is 28.5 Å². The van der Waals surface area contributed by atoms with Crippen LogP contribution in [0.25, 0.3) is 22.0 Å². The largest absolute Gasteiger partial charge is 0.383 e. The van der Waals surface area contributed by atoms with Gasteiger partial charge in [0.1, 0.15) is 5.82 Å². The second-order valence-electron chi connectivity index (χ2n) is 6.63. The summed E-state index contributed by atoms with van der Waals surface area (Å²) in [5.41, 5.74) is 12.5. The van der Waals surface area contributed by atoms with Crippen molar-refractivity contribution in [3.05, 3.63) is 95.6 Å². The number of anilines is 1. The smallest absolute Gasteiger partial charge is 0.131 e. The quantitative estimate of drug-likeness (QED) is 0.525. The molecule has 2 nitrogen and oxygen atoms in total. The summed E-state index contributed by atoms with van der Waals surface area (Å²) in [5, 5.41) is 2.26. The molecule has 5 rings (SSSR count). The number of hydrogen-bond acceptors (Lipinski definition) is 2. The lowest BCUT2D eigenvalue weighted by atomic mass is 9.76. The van der Waals surface area contributed by atoms with Crippen molar-refractivity contribution in [1.29, 1.82) is 0 Å². The topological polar surface area (TPSA) is 38.9 Å². The molecule has 3 aromatic carbocycles. The molecule has 1 aromatic heterocycles. The maximum Gasteiger partial charge on any atom is 0.131 e. The van der Waals surface area contributed by atoms with E-state index in [1.54, 1.807) is 0 Å². The highest BCUT2D eigenvalue weighted by atomic mass is 14.9. The van der Waals surface area contributed by atoms with E-state index in [-0.39, 0.29) is 0 Å². The fourth-order valence-corrected chi connectivity index (χ4v) is 4.09. The lowest BCUT2D eigenvalue weighted by Gasteiger charge is -2.29. The average Bonchev–Trinajstić information content (AvgIpc) is 2.68. The predicted molar refractivity (Wildman–Crippen MR) is 104 cm³/mol. The number of fused-ring (bicyclic) bond motifs is 5. The Labute approximate surface area is 147 Å². The SMILES string of the molecule is Nc1nc2c(c3ccccc13)C(c1ccccc1)Cc1ccccc1-2. The zero-order chi connectivity index (χ0) is 16.8. The fraction of sp³-hybridized carbons (Fsp3) is 0.0870. The maximum atomic E-state index is 6.31. The second kappa shape index (κ2) is 5.45. The van der Waals surface area contributed by atoms with Crippen molar-refractivity contribution in [2.24, 2.45) is 0 Å². The highest BCUT2D eigenvalue weighted by molar-refractivity contribution is 5.98. The summed E-state index contributed by atoms with van der Waals surface area (Å²) in [6.45, 7) is 0. The first kappa shape index (κ1) is 14.2. The van der Waals surface area contributed by atoms with Crippen LogP contribution >= 0.6 is 0 Å². The maximum absolute atomic E-state index is 6.31. The van der Waals surface area contributed by atoms with Crippen LogP contribution in [0.15, 0.2) is 78.9 Å². The Morgan fingerprint density at radius 3 is 2.28 bits per heavy atom. The fourth-order valence-electron chi connectivity index (χ4n) is 4.09. The van der Waals surface area contributed by atoms with Gasteiger partial charge >= 0.3 is 0 Å². The minimum atomic E-state index is 0.295. The minimum absolute atomic E-state index is 0.295. The normalized spacial score (nSPS) is 15.6. The van der Waals surface area contributed by atoms with E-state index in [2.05, 4.69) is 72.8 Å². The molecule has 0 radical (unpaired) electrons. The number of pyridine rings is 1. The highest BCUT2D eigenvalue weighted by Gasteiger charge is 2.29. The van der Waals surface area contributed by atoms with Gasteiger partial charge in [0.05, 0.1) is 5.69 Å². The van der Waals surface area contributed by atoms with E-state index in [9.17, 15) is 0 Å². The second-order valence-corrected chi connectivity index (χ2v) is 6.63. The third-order valence-corrected chi connectivity index (χ3v) is 5.23. The summed E-state index contributed by atoms with van der Waals surface area (Å²) >= 11 is 0. The van der Waals surface area contributed by atoms with E-state index in [0.29, 0.717) is 11.7 Å². The summed E-state index contributed by atoms with van der Waals surface area (Å²) in [5.74, 6) is 0.905. The van der Waals surface area contributed by atoms with Gasteiger partial charge in [-0.3, -0.25) is 0 Å². The summed E-state index contributed by atoms with van der Waals surface area (Å²) in [7, 11) is 0. The molecule has 1 aliphatic rings. The van der Waals surface area contributed by atoms with Gasteiger partial charge < -0.3 is 5.73 Å². The Morgan fingerprint density at radius 1 is 0.760 bits per heavy atom. The first-order valence-corrected chi connectivity index (χ1v) is 8.64. The number of nitrogen functional groups attached to an aromatic ring is 1. The van der Waals surface area contributed by atoms with E-state index < -0.39 is 0 Å². The van der Waals surface area contributed by atoms with Crippen LogP contribution in [0.2, 0.25) is 0 Å². The van der Waals surface area contributed by atoms with Crippen molar-refractivity contribution in [3.63, 3.8) is 0 Å². The molecule has 2 heteroatoms. The Bertz CT molecular complexity index is 1080. The molecular formula is C23H18N2.